The molecule has 7 nitrogen and oxygen atoms in total. The van der Waals surface area contributed by atoms with E-state index in [-0.39, 0.29) is 34.0 Å². The Kier molecular flexibility index (Phi) is 5.16. The molecule has 1 aliphatic rings. The van der Waals surface area contributed by atoms with Gasteiger partial charge in [-0.3, -0.25) is 14.3 Å². The number of hydrogen-bond acceptors (Lipinski definition) is 4. The number of rotatable bonds is 4. The minimum absolute atomic E-state index is 0.215. The van der Waals surface area contributed by atoms with Crippen molar-refractivity contribution in [3.8, 4) is 0 Å². The van der Waals surface area contributed by atoms with Gasteiger partial charge in [0.15, 0.2) is 0 Å². The Morgan fingerprint density at radius 3 is 2.43 bits per heavy atom. The van der Waals surface area contributed by atoms with Crippen LogP contribution in [0.25, 0.3) is 0 Å². The zero-order valence-electron chi connectivity index (χ0n) is 12.6. The Hall–Kier alpha value is -1.80. The topological polar surface area (TPSA) is 110 Å². The van der Waals surface area contributed by atoms with Crippen LogP contribution in [0.5, 0.6) is 0 Å². The van der Waals surface area contributed by atoms with Gasteiger partial charge >= 0.3 is 0 Å². The number of nitrogens with zero attached hydrogens (tertiary/aromatic N) is 1. The van der Waals surface area contributed by atoms with E-state index in [1.165, 1.54) is 18.2 Å². The van der Waals surface area contributed by atoms with Gasteiger partial charge in [0.05, 0.1) is 16.8 Å². The fourth-order valence-corrected chi connectivity index (χ4v) is 3.26. The maximum absolute atomic E-state index is 12.6. The molecular weight excluding hydrogens is 342 g/mol. The Morgan fingerprint density at radius 1 is 1.30 bits per heavy atom. The number of nitrogens with one attached hydrogen (secondary N) is 1. The number of sulfonamides is 1. The molecule has 2 amide bonds. The Morgan fingerprint density at radius 2 is 1.91 bits per heavy atom. The maximum Gasteiger partial charge on any atom is 0.255 e. The van der Waals surface area contributed by atoms with Gasteiger partial charge in [0.25, 0.3) is 5.91 Å². The smallest absolute Gasteiger partial charge is 0.255 e. The number of primary amides is 1. The summed E-state index contributed by atoms with van der Waals surface area (Å²) in [5.41, 5.74) is 5.76. The summed E-state index contributed by atoms with van der Waals surface area (Å²) in [7, 11) is -3.44. The summed E-state index contributed by atoms with van der Waals surface area (Å²) in [6.45, 7) is 0.818. The monoisotopic (exact) mass is 359 g/mol. The molecule has 1 aromatic carbocycles. The van der Waals surface area contributed by atoms with Crippen LogP contribution in [-0.2, 0) is 14.8 Å². The fourth-order valence-electron chi connectivity index (χ4n) is 2.50. The van der Waals surface area contributed by atoms with Crippen LogP contribution < -0.4 is 10.5 Å². The predicted octanol–water partition coefficient (Wildman–Crippen LogP) is 1.05. The predicted molar refractivity (Wildman–Crippen MR) is 87.7 cm³/mol. The third-order valence-corrected chi connectivity index (χ3v) is 4.62. The molecule has 2 rings (SSSR count). The molecule has 9 heteroatoms. The van der Waals surface area contributed by atoms with Gasteiger partial charge in [-0.1, -0.05) is 11.6 Å². The highest BCUT2D eigenvalue weighted by molar-refractivity contribution is 7.92. The molecule has 1 aromatic rings. The van der Waals surface area contributed by atoms with Crippen LogP contribution >= 0.6 is 11.6 Å². The summed E-state index contributed by atoms with van der Waals surface area (Å²) in [5, 5.41) is 0.242. The van der Waals surface area contributed by atoms with Crippen LogP contribution in [0, 0.1) is 5.92 Å². The van der Waals surface area contributed by atoms with E-state index in [0.717, 1.165) is 6.26 Å². The van der Waals surface area contributed by atoms with E-state index in [2.05, 4.69) is 4.72 Å². The van der Waals surface area contributed by atoms with Gasteiger partial charge in [-0.05, 0) is 31.0 Å². The van der Waals surface area contributed by atoms with Gasteiger partial charge in [0.2, 0.25) is 15.9 Å². The van der Waals surface area contributed by atoms with Gasteiger partial charge in [0.1, 0.15) is 0 Å². The van der Waals surface area contributed by atoms with E-state index >= 15 is 0 Å². The number of halogens is 1. The summed E-state index contributed by atoms with van der Waals surface area (Å²) in [5.74, 6) is -0.864. The molecule has 0 bridgehead atoms. The highest BCUT2D eigenvalue weighted by Gasteiger charge is 2.27. The second kappa shape index (κ2) is 6.76. The second-order valence-corrected chi connectivity index (χ2v) is 7.69. The number of carbonyl (C=O) groups excluding carboxylic acids is 2. The number of amides is 2. The molecular formula is C14H18ClN3O4S. The molecule has 1 saturated heterocycles. The normalized spacial score (nSPS) is 16.2. The first-order valence-electron chi connectivity index (χ1n) is 7.03. The first-order chi connectivity index (χ1) is 10.7. The third-order valence-electron chi connectivity index (χ3n) is 3.68. The molecule has 126 valence electrons. The Bertz CT molecular complexity index is 728. The number of benzene rings is 1. The first kappa shape index (κ1) is 17.6. The van der Waals surface area contributed by atoms with Gasteiger partial charge in [-0.15, -0.1) is 0 Å². The van der Waals surface area contributed by atoms with Crippen LogP contribution in [0.3, 0.4) is 0 Å². The number of hydrogen-bond donors (Lipinski definition) is 2. The lowest BCUT2D eigenvalue weighted by atomic mass is 9.96. The highest BCUT2D eigenvalue weighted by Crippen LogP contribution is 2.25. The van der Waals surface area contributed by atoms with Crippen molar-refractivity contribution in [2.75, 3.05) is 24.1 Å². The lowest BCUT2D eigenvalue weighted by Gasteiger charge is -2.30. The number of piperidine rings is 1. The summed E-state index contributed by atoms with van der Waals surface area (Å²) in [4.78, 5) is 25.3. The van der Waals surface area contributed by atoms with E-state index in [0.29, 0.717) is 25.9 Å². The molecule has 1 aliphatic heterocycles. The maximum atomic E-state index is 12.6. The summed E-state index contributed by atoms with van der Waals surface area (Å²) in [6, 6.07) is 4.36. The second-order valence-electron chi connectivity index (χ2n) is 5.54. The minimum atomic E-state index is -3.44. The molecule has 0 aromatic heterocycles. The molecule has 1 fully saturated rings. The van der Waals surface area contributed by atoms with Crippen molar-refractivity contribution in [1.29, 1.82) is 0 Å². The van der Waals surface area contributed by atoms with Crippen molar-refractivity contribution in [3.63, 3.8) is 0 Å². The van der Waals surface area contributed by atoms with E-state index in [1.54, 1.807) is 4.90 Å². The van der Waals surface area contributed by atoms with Crippen molar-refractivity contribution >= 4 is 39.1 Å². The van der Waals surface area contributed by atoms with Crippen molar-refractivity contribution in [1.82, 2.24) is 4.90 Å². The molecule has 0 spiro atoms. The van der Waals surface area contributed by atoms with Crippen LogP contribution in [-0.4, -0.2) is 44.5 Å². The van der Waals surface area contributed by atoms with Crippen LogP contribution in [0.4, 0.5) is 5.69 Å². The van der Waals surface area contributed by atoms with Gasteiger partial charge in [0, 0.05) is 24.7 Å². The number of anilines is 1. The average Bonchev–Trinajstić information content (AvgIpc) is 2.47. The highest BCUT2D eigenvalue weighted by atomic mass is 35.5. The van der Waals surface area contributed by atoms with Gasteiger partial charge in [-0.2, -0.15) is 0 Å². The lowest BCUT2D eigenvalue weighted by molar-refractivity contribution is -0.123. The zero-order valence-corrected chi connectivity index (χ0v) is 14.2. The largest absolute Gasteiger partial charge is 0.369 e. The molecule has 0 atom stereocenters. The molecule has 3 N–H and O–H groups in total. The third kappa shape index (κ3) is 4.59. The number of likely N-dealkylation sites (tertiary alicyclic amines) is 1. The summed E-state index contributed by atoms with van der Waals surface area (Å²) < 4.78 is 24.9. The molecule has 0 saturated carbocycles. The molecule has 23 heavy (non-hydrogen) atoms. The average molecular weight is 360 g/mol. The fraction of sp³-hybridized carbons (Fsp3) is 0.429. The molecule has 0 radical (unpaired) electrons. The van der Waals surface area contributed by atoms with E-state index in [9.17, 15) is 18.0 Å². The van der Waals surface area contributed by atoms with Crippen LogP contribution in [0.15, 0.2) is 18.2 Å². The summed E-state index contributed by atoms with van der Waals surface area (Å²) >= 11 is 6.06. The molecule has 1 heterocycles. The zero-order chi connectivity index (χ0) is 17.2. The first-order valence-corrected chi connectivity index (χ1v) is 9.30. The number of nitrogens with two attached hydrogens (primary N) is 1. The molecule has 0 unspecified atom stereocenters. The van der Waals surface area contributed by atoms with E-state index in [1.807, 2.05) is 0 Å². The van der Waals surface area contributed by atoms with Crippen molar-refractivity contribution < 1.29 is 18.0 Å². The van der Waals surface area contributed by atoms with Crippen molar-refractivity contribution in [2.45, 2.75) is 12.8 Å². The molecule has 0 aliphatic carbocycles. The number of carbonyl (C=O) groups is 2. The SMILES string of the molecule is CS(=O)(=O)Nc1ccc(Cl)c(C(=O)N2CCC(C(N)=O)CC2)c1. The van der Waals surface area contributed by atoms with Crippen LogP contribution in [0.1, 0.15) is 23.2 Å². The van der Waals surface area contributed by atoms with Crippen LogP contribution in [0.2, 0.25) is 5.02 Å². The van der Waals surface area contributed by atoms with Crippen molar-refractivity contribution in [3.05, 3.63) is 28.8 Å². The Balaban J connectivity index is 2.16. The van der Waals surface area contributed by atoms with E-state index in [4.69, 9.17) is 17.3 Å². The summed E-state index contributed by atoms with van der Waals surface area (Å²) in [6.07, 6.45) is 2.05. The van der Waals surface area contributed by atoms with Gasteiger partial charge < -0.3 is 10.6 Å². The van der Waals surface area contributed by atoms with Crippen molar-refractivity contribution in [2.24, 2.45) is 11.7 Å². The van der Waals surface area contributed by atoms with E-state index < -0.39 is 10.0 Å². The van der Waals surface area contributed by atoms with Gasteiger partial charge in [-0.25, -0.2) is 8.42 Å². The quantitative estimate of drug-likeness (QED) is 0.837. The standard InChI is InChI=1S/C14H18ClN3O4S/c1-23(21,22)17-10-2-3-12(15)11(8-10)14(20)18-6-4-9(5-7-18)13(16)19/h2-3,8-9,17H,4-7H2,1H3,(H2,16,19). The Labute approximate surface area is 139 Å². The minimum Gasteiger partial charge on any atom is -0.369 e. The lowest BCUT2D eigenvalue weighted by Crippen LogP contribution is -2.41.